The quantitative estimate of drug-likeness (QED) is 0.923. The van der Waals surface area contributed by atoms with Crippen LogP contribution in [0.3, 0.4) is 0 Å². The Balaban J connectivity index is 1.45. The van der Waals surface area contributed by atoms with Crippen molar-refractivity contribution in [2.24, 2.45) is 5.92 Å². The molecule has 1 aliphatic carbocycles. The van der Waals surface area contributed by atoms with Gasteiger partial charge in [-0.05, 0) is 39.2 Å². The first kappa shape index (κ1) is 15.5. The van der Waals surface area contributed by atoms with E-state index in [0.717, 1.165) is 37.2 Å². The lowest BCUT2D eigenvalue weighted by Crippen LogP contribution is -2.33. The highest BCUT2D eigenvalue weighted by Gasteiger charge is 2.40. The highest BCUT2D eigenvalue weighted by Crippen LogP contribution is 2.45. The van der Waals surface area contributed by atoms with Crippen molar-refractivity contribution in [2.45, 2.75) is 63.1 Å². The first-order valence-corrected chi connectivity index (χ1v) is 9.52. The van der Waals surface area contributed by atoms with E-state index in [1.54, 1.807) is 18.4 Å². The molecule has 1 saturated heterocycles. The van der Waals surface area contributed by atoms with Crippen LogP contribution in [-0.4, -0.2) is 42.1 Å². The molecule has 1 N–H and O–H groups in total. The fourth-order valence-corrected chi connectivity index (χ4v) is 5.61. The number of rotatable bonds is 3. The van der Waals surface area contributed by atoms with Gasteiger partial charge in [0, 0.05) is 36.4 Å². The van der Waals surface area contributed by atoms with Gasteiger partial charge < -0.3 is 10.1 Å². The number of hydrogen-bond acceptors (Lipinski definition) is 5. The molecular weight excluding hydrogens is 310 g/mol. The number of hydrogen-bond donors (Lipinski definition) is 1. The number of carbonyl (C=O) groups excluding carboxylic acids is 1. The smallest absolute Gasteiger partial charge is 0.229 e. The predicted molar refractivity (Wildman–Crippen MR) is 90.7 cm³/mol. The summed E-state index contributed by atoms with van der Waals surface area (Å²) in [6.07, 6.45) is 7.69. The molecule has 0 radical (unpaired) electrons. The molecule has 1 saturated carbocycles. The van der Waals surface area contributed by atoms with Gasteiger partial charge in [0.05, 0.1) is 11.8 Å². The summed E-state index contributed by atoms with van der Waals surface area (Å²) in [7, 11) is 3.96. The highest BCUT2D eigenvalue weighted by molar-refractivity contribution is 7.16. The number of nitrogens with one attached hydrogen (secondary N) is 1. The Morgan fingerprint density at radius 2 is 2.22 bits per heavy atom. The van der Waals surface area contributed by atoms with E-state index >= 15 is 0 Å². The number of carbonyl (C=O) groups is 1. The average Bonchev–Trinajstić information content (AvgIpc) is 3.07. The minimum Gasteiger partial charge on any atom is -0.381 e. The van der Waals surface area contributed by atoms with Crippen molar-refractivity contribution in [3.05, 3.63) is 10.6 Å². The Morgan fingerprint density at radius 3 is 3.04 bits per heavy atom. The summed E-state index contributed by atoms with van der Waals surface area (Å²) in [4.78, 5) is 21.1. The van der Waals surface area contributed by atoms with E-state index in [-0.39, 0.29) is 17.9 Å². The molecule has 2 aliphatic heterocycles. The van der Waals surface area contributed by atoms with Gasteiger partial charge >= 0.3 is 0 Å². The maximum absolute atomic E-state index is 12.6. The molecular formula is C17H25N3O2S. The lowest BCUT2D eigenvalue weighted by atomic mass is 9.86. The van der Waals surface area contributed by atoms with Crippen molar-refractivity contribution in [1.82, 2.24) is 9.88 Å². The molecule has 2 fully saturated rings. The molecule has 4 unspecified atom stereocenters. The molecule has 4 atom stereocenters. The molecule has 6 heteroatoms. The van der Waals surface area contributed by atoms with Crippen LogP contribution in [0.25, 0.3) is 0 Å². The fraction of sp³-hybridized carbons (Fsp3) is 0.765. The van der Waals surface area contributed by atoms with Crippen molar-refractivity contribution < 1.29 is 9.53 Å². The maximum Gasteiger partial charge on any atom is 0.229 e. The summed E-state index contributed by atoms with van der Waals surface area (Å²) in [5.41, 5.74) is 1.22. The van der Waals surface area contributed by atoms with E-state index < -0.39 is 0 Å². The van der Waals surface area contributed by atoms with Gasteiger partial charge in [-0.2, -0.15) is 0 Å². The second-order valence-electron chi connectivity index (χ2n) is 7.16. The van der Waals surface area contributed by atoms with Crippen LogP contribution in [0.2, 0.25) is 0 Å². The number of likely N-dealkylation sites (N-methyl/N-ethyl adjacent to an activating group) is 1. The fourth-order valence-electron chi connectivity index (χ4n) is 4.43. The van der Waals surface area contributed by atoms with Crippen LogP contribution in [0.5, 0.6) is 0 Å². The van der Waals surface area contributed by atoms with Gasteiger partial charge in [-0.15, -0.1) is 0 Å². The van der Waals surface area contributed by atoms with Gasteiger partial charge in [-0.1, -0.05) is 17.8 Å². The lowest BCUT2D eigenvalue weighted by molar-refractivity contribution is -0.122. The van der Waals surface area contributed by atoms with Crippen molar-refractivity contribution in [2.75, 3.05) is 19.5 Å². The Labute approximate surface area is 141 Å². The maximum atomic E-state index is 12.6. The molecule has 1 aromatic heterocycles. The van der Waals surface area contributed by atoms with Gasteiger partial charge in [0.15, 0.2) is 5.13 Å². The number of amides is 1. The molecule has 1 amide bonds. The number of ether oxygens (including phenoxy) is 1. The SMILES string of the molecule is COC1CCCC(C(=O)Nc2nc3c(s2)C2CCC(C3)N2C)C1. The molecule has 0 aromatic carbocycles. The minimum atomic E-state index is 0.0637. The minimum absolute atomic E-state index is 0.0637. The second kappa shape index (κ2) is 6.15. The Hall–Kier alpha value is -0.980. The number of thiazole rings is 1. The molecule has 3 aliphatic rings. The molecule has 4 rings (SSSR count). The lowest BCUT2D eigenvalue weighted by Gasteiger charge is -2.29. The second-order valence-corrected chi connectivity index (χ2v) is 8.19. The van der Waals surface area contributed by atoms with Crippen molar-refractivity contribution in [3.8, 4) is 0 Å². The summed E-state index contributed by atoms with van der Waals surface area (Å²) < 4.78 is 5.43. The number of anilines is 1. The first-order valence-electron chi connectivity index (χ1n) is 8.71. The van der Waals surface area contributed by atoms with Crippen LogP contribution in [0.1, 0.15) is 55.1 Å². The van der Waals surface area contributed by atoms with Crippen LogP contribution >= 0.6 is 11.3 Å². The Morgan fingerprint density at radius 1 is 1.35 bits per heavy atom. The van der Waals surface area contributed by atoms with E-state index in [2.05, 4.69) is 17.3 Å². The summed E-state index contributed by atoms with van der Waals surface area (Å²) in [6, 6.07) is 1.15. The highest BCUT2D eigenvalue weighted by atomic mass is 32.1. The van der Waals surface area contributed by atoms with E-state index in [4.69, 9.17) is 9.72 Å². The van der Waals surface area contributed by atoms with E-state index in [9.17, 15) is 4.79 Å². The van der Waals surface area contributed by atoms with Gasteiger partial charge in [-0.25, -0.2) is 4.98 Å². The summed E-state index contributed by atoms with van der Waals surface area (Å²) in [6.45, 7) is 0. The van der Waals surface area contributed by atoms with E-state index in [1.807, 2.05) is 0 Å². The molecule has 5 nitrogen and oxygen atoms in total. The third kappa shape index (κ3) is 2.81. The van der Waals surface area contributed by atoms with Gasteiger partial charge in [0.25, 0.3) is 0 Å². The van der Waals surface area contributed by atoms with Gasteiger partial charge in [0.1, 0.15) is 0 Å². The van der Waals surface area contributed by atoms with Crippen molar-refractivity contribution >= 4 is 22.4 Å². The van der Waals surface area contributed by atoms with Crippen molar-refractivity contribution in [1.29, 1.82) is 0 Å². The first-order chi connectivity index (χ1) is 11.2. The largest absolute Gasteiger partial charge is 0.381 e. The number of methoxy groups -OCH3 is 1. The van der Waals surface area contributed by atoms with Crippen LogP contribution in [0, 0.1) is 5.92 Å². The molecule has 3 heterocycles. The zero-order valence-corrected chi connectivity index (χ0v) is 14.7. The third-order valence-electron chi connectivity index (χ3n) is 5.86. The molecule has 2 bridgehead atoms. The molecule has 23 heavy (non-hydrogen) atoms. The molecule has 126 valence electrons. The molecule has 1 aromatic rings. The van der Waals surface area contributed by atoms with E-state index in [1.165, 1.54) is 23.4 Å². The zero-order chi connectivity index (χ0) is 16.0. The van der Waals surface area contributed by atoms with Crippen LogP contribution in [0.4, 0.5) is 5.13 Å². The van der Waals surface area contributed by atoms with Crippen molar-refractivity contribution in [3.63, 3.8) is 0 Å². The predicted octanol–water partition coefficient (Wildman–Crippen LogP) is 2.98. The normalized spacial score (nSPS) is 33.5. The topological polar surface area (TPSA) is 54.5 Å². The van der Waals surface area contributed by atoms with Crippen LogP contribution in [-0.2, 0) is 16.0 Å². The average molecular weight is 335 g/mol. The standard InChI is InChI=1S/C17H25N3O2S/c1-20-11-6-7-14(20)15-13(9-11)18-17(23-15)19-16(21)10-4-3-5-12(8-10)22-2/h10-12,14H,3-9H2,1-2H3,(H,18,19,21). The summed E-state index contributed by atoms with van der Waals surface area (Å²) >= 11 is 1.68. The monoisotopic (exact) mass is 335 g/mol. The number of aromatic nitrogens is 1. The number of nitrogens with zero attached hydrogens (tertiary/aromatic N) is 2. The van der Waals surface area contributed by atoms with E-state index in [0.29, 0.717) is 12.1 Å². The number of fused-ring (bicyclic) bond motifs is 4. The van der Waals surface area contributed by atoms with Gasteiger partial charge in [-0.3, -0.25) is 9.69 Å². The summed E-state index contributed by atoms with van der Waals surface area (Å²) in [5.74, 6) is 0.185. The van der Waals surface area contributed by atoms with Gasteiger partial charge in [0.2, 0.25) is 5.91 Å². The Bertz CT molecular complexity index is 603. The zero-order valence-electron chi connectivity index (χ0n) is 13.9. The molecule has 0 spiro atoms. The summed E-state index contributed by atoms with van der Waals surface area (Å²) in [5, 5.41) is 3.87. The Kier molecular flexibility index (Phi) is 4.15. The van der Waals surface area contributed by atoms with Crippen LogP contribution < -0.4 is 5.32 Å². The van der Waals surface area contributed by atoms with Crippen LogP contribution in [0.15, 0.2) is 0 Å². The third-order valence-corrected chi connectivity index (χ3v) is 6.97.